The number of carbonyl (C=O) groups excluding carboxylic acids is 1. The summed E-state index contributed by atoms with van der Waals surface area (Å²) >= 11 is 0. The van der Waals surface area contributed by atoms with Crippen LogP contribution in [0.3, 0.4) is 0 Å². The van der Waals surface area contributed by atoms with E-state index in [2.05, 4.69) is 25.4 Å². The minimum atomic E-state index is -0.527. The molecular formula is C23H24FN9O. The van der Waals surface area contributed by atoms with Gasteiger partial charge in [-0.05, 0) is 32.9 Å². The Kier molecular flexibility index (Phi) is 5.03. The maximum absolute atomic E-state index is 12.7. The molecule has 0 aliphatic carbocycles. The van der Waals surface area contributed by atoms with Gasteiger partial charge < -0.3 is 16.0 Å². The number of halogens is 1. The summed E-state index contributed by atoms with van der Waals surface area (Å²) in [6.45, 7) is 5.74. The molecule has 1 amide bonds. The van der Waals surface area contributed by atoms with Crippen molar-refractivity contribution in [3.8, 4) is 11.3 Å². The first-order chi connectivity index (χ1) is 16.2. The molecule has 10 nitrogen and oxygen atoms in total. The third kappa shape index (κ3) is 3.74. The van der Waals surface area contributed by atoms with Crippen molar-refractivity contribution in [1.29, 1.82) is 0 Å². The van der Waals surface area contributed by atoms with Gasteiger partial charge in [0.1, 0.15) is 30.2 Å². The second-order valence-electron chi connectivity index (χ2n) is 8.98. The van der Waals surface area contributed by atoms with Gasteiger partial charge in [-0.15, -0.1) is 0 Å². The Morgan fingerprint density at radius 2 is 2.00 bits per heavy atom. The molecule has 5 rings (SSSR count). The van der Waals surface area contributed by atoms with Crippen LogP contribution in [0.4, 0.5) is 16.0 Å². The number of aromatic amines is 1. The number of nitrogens with two attached hydrogens (primary N) is 1. The molecular weight excluding hydrogens is 437 g/mol. The Morgan fingerprint density at radius 3 is 2.76 bits per heavy atom. The van der Waals surface area contributed by atoms with E-state index in [0.717, 1.165) is 16.5 Å². The van der Waals surface area contributed by atoms with E-state index in [1.165, 1.54) is 11.0 Å². The number of H-pyrrole nitrogens is 1. The topological polar surface area (TPSA) is 132 Å². The Morgan fingerprint density at radius 1 is 1.18 bits per heavy atom. The van der Waals surface area contributed by atoms with Crippen LogP contribution in [-0.4, -0.2) is 47.1 Å². The average molecular weight is 462 g/mol. The average Bonchev–Trinajstić information content (AvgIpc) is 3.50. The first-order valence-corrected chi connectivity index (χ1v) is 10.8. The molecule has 0 bridgehead atoms. The molecule has 0 saturated carbocycles. The summed E-state index contributed by atoms with van der Waals surface area (Å²) in [6, 6.07) is 9.14. The van der Waals surface area contributed by atoms with Crippen molar-refractivity contribution in [3.63, 3.8) is 0 Å². The summed E-state index contributed by atoms with van der Waals surface area (Å²) in [5, 5.41) is 13.2. The SMILES string of the molecule is CC(C)(C)n1nc(-c2ccc3cc(C(=O)Nc4ccn(CCF)n4)[nH]c3c2)c2c(N)ncnc21. The first kappa shape index (κ1) is 21.6. The van der Waals surface area contributed by atoms with Crippen molar-refractivity contribution in [2.45, 2.75) is 32.9 Å². The van der Waals surface area contributed by atoms with Crippen LogP contribution < -0.4 is 11.1 Å². The van der Waals surface area contributed by atoms with Crippen LogP contribution in [0, 0.1) is 0 Å². The smallest absolute Gasteiger partial charge is 0.273 e. The number of aryl methyl sites for hydroxylation is 1. The third-order valence-electron chi connectivity index (χ3n) is 5.47. The number of hydrogen-bond donors (Lipinski definition) is 3. The second kappa shape index (κ2) is 7.94. The van der Waals surface area contributed by atoms with E-state index >= 15 is 0 Å². The number of nitrogens with one attached hydrogen (secondary N) is 2. The zero-order chi connectivity index (χ0) is 24.0. The van der Waals surface area contributed by atoms with Gasteiger partial charge in [0.05, 0.1) is 17.5 Å². The van der Waals surface area contributed by atoms with Gasteiger partial charge in [0.2, 0.25) is 0 Å². The highest BCUT2D eigenvalue weighted by Gasteiger charge is 2.24. The van der Waals surface area contributed by atoms with Crippen molar-refractivity contribution in [2.75, 3.05) is 17.7 Å². The summed E-state index contributed by atoms with van der Waals surface area (Å²) in [5.74, 6) is 0.366. The van der Waals surface area contributed by atoms with Crippen LogP contribution in [0.15, 0.2) is 42.9 Å². The largest absolute Gasteiger partial charge is 0.383 e. The molecule has 34 heavy (non-hydrogen) atoms. The van der Waals surface area contributed by atoms with Crippen molar-refractivity contribution in [2.24, 2.45) is 0 Å². The van der Waals surface area contributed by atoms with E-state index in [4.69, 9.17) is 10.8 Å². The number of nitrogens with zero attached hydrogens (tertiary/aromatic N) is 6. The predicted octanol–water partition coefficient (Wildman–Crippen LogP) is 3.73. The van der Waals surface area contributed by atoms with E-state index in [9.17, 15) is 9.18 Å². The lowest BCUT2D eigenvalue weighted by atomic mass is 10.1. The van der Waals surface area contributed by atoms with E-state index in [0.29, 0.717) is 34.1 Å². The van der Waals surface area contributed by atoms with Crippen LogP contribution in [-0.2, 0) is 12.1 Å². The molecule has 4 heterocycles. The van der Waals surface area contributed by atoms with Crippen molar-refractivity contribution >= 4 is 39.5 Å². The molecule has 174 valence electrons. The minimum Gasteiger partial charge on any atom is -0.383 e. The Hall–Kier alpha value is -4.28. The molecule has 0 radical (unpaired) electrons. The Balaban J connectivity index is 1.51. The summed E-state index contributed by atoms with van der Waals surface area (Å²) in [7, 11) is 0. The third-order valence-corrected chi connectivity index (χ3v) is 5.47. The van der Waals surface area contributed by atoms with E-state index in [1.54, 1.807) is 18.3 Å². The molecule has 0 spiro atoms. The quantitative estimate of drug-likeness (QED) is 0.365. The van der Waals surface area contributed by atoms with Gasteiger partial charge in [-0.25, -0.2) is 19.0 Å². The number of amides is 1. The van der Waals surface area contributed by atoms with Crippen LogP contribution in [0.25, 0.3) is 33.2 Å². The van der Waals surface area contributed by atoms with Crippen LogP contribution >= 0.6 is 0 Å². The molecule has 0 unspecified atom stereocenters. The standard InChI is InChI=1S/C23H24FN9O/c1-23(2,3)33-21-18(20(25)26-12-27-21)19(31-33)14-5-4-13-10-16(28-15(13)11-14)22(34)29-17-6-8-32(30-17)9-7-24/h4-6,8,10-12,28H,7,9H2,1-3H3,(H2,25,26,27)(H,29,30,34). The number of anilines is 2. The molecule has 0 aliphatic heterocycles. The number of fused-ring (bicyclic) bond motifs is 2. The molecule has 4 N–H and O–H groups in total. The molecule has 0 atom stereocenters. The fourth-order valence-electron chi connectivity index (χ4n) is 3.86. The molecule has 11 heteroatoms. The summed E-state index contributed by atoms with van der Waals surface area (Å²) in [6.07, 6.45) is 3.05. The number of aromatic nitrogens is 7. The van der Waals surface area contributed by atoms with E-state index < -0.39 is 6.67 Å². The maximum atomic E-state index is 12.7. The van der Waals surface area contributed by atoms with Gasteiger partial charge >= 0.3 is 0 Å². The molecule has 1 aromatic carbocycles. The van der Waals surface area contributed by atoms with E-state index in [1.807, 2.05) is 43.7 Å². The van der Waals surface area contributed by atoms with Crippen molar-refractivity contribution in [3.05, 3.63) is 48.5 Å². The second-order valence-corrected chi connectivity index (χ2v) is 8.98. The highest BCUT2D eigenvalue weighted by atomic mass is 19.1. The molecule has 0 aliphatic rings. The number of benzene rings is 1. The fraction of sp³-hybridized carbons (Fsp3) is 0.261. The number of rotatable bonds is 5. The highest BCUT2D eigenvalue weighted by Crippen LogP contribution is 2.34. The molecule has 0 fully saturated rings. The lowest BCUT2D eigenvalue weighted by Gasteiger charge is -2.19. The summed E-state index contributed by atoms with van der Waals surface area (Å²) in [5.41, 5.74) is 9.19. The highest BCUT2D eigenvalue weighted by molar-refractivity contribution is 6.06. The molecule has 0 saturated heterocycles. The number of nitrogen functional groups attached to an aromatic ring is 1. The minimum absolute atomic E-state index is 0.139. The lowest BCUT2D eigenvalue weighted by Crippen LogP contribution is -2.23. The summed E-state index contributed by atoms with van der Waals surface area (Å²) in [4.78, 5) is 24.5. The lowest BCUT2D eigenvalue weighted by molar-refractivity contribution is 0.102. The van der Waals surface area contributed by atoms with Gasteiger partial charge in [-0.1, -0.05) is 12.1 Å². The molecule has 5 aromatic rings. The monoisotopic (exact) mass is 461 g/mol. The zero-order valence-corrected chi connectivity index (χ0v) is 19.0. The fourth-order valence-corrected chi connectivity index (χ4v) is 3.86. The predicted molar refractivity (Wildman–Crippen MR) is 128 cm³/mol. The van der Waals surface area contributed by atoms with Gasteiger partial charge in [0.15, 0.2) is 11.5 Å². The van der Waals surface area contributed by atoms with Gasteiger partial charge in [0.25, 0.3) is 5.91 Å². The Labute approximate surface area is 194 Å². The van der Waals surface area contributed by atoms with Crippen LogP contribution in [0.2, 0.25) is 0 Å². The summed E-state index contributed by atoms with van der Waals surface area (Å²) < 4.78 is 15.8. The number of alkyl halides is 1. The Bertz CT molecular complexity index is 1520. The molecule has 4 aromatic heterocycles. The maximum Gasteiger partial charge on any atom is 0.273 e. The van der Waals surface area contributed by atoms with E-state index in [-0.39, 0.29) is 18.0 Å². The van der Waals surface area contributed by atoms with Crippen molar-refractivity contribution < 1.29 is 9.18 Å². The van der Waals surface area contributed by atoms with Gasteiger partial charge in [-0.3, -0.25) is 9.48 Å². The normalized spacial score (nSPS) is 12.0. The van der Waals surface area contributed by atoms with Crippen molar-refractivity contribution in [1.82, 2.24) is 34.5 Å². The zero-order valence-electron chi connectivity index (χ0n) is 19.0. The number of hydrogen-bond acceptors (Lipinski definition) is 6. The van der Waals surface area contributed by atoms with Crippen LogP contribution in [0.5, 0.6) is 0 Å². The van der Waals surface area contributed by atoms with Gasteiger partial charge in [0, 0.05) is 28.7 Å². The first-order valence-electron chi connectivity index (χ1n) is 10.8. The van der Waals surface area contributed by atoms with Gasteiger partial charge in [-0.2, -0.15) is 10.2 Å². The van der Waals surface area contributed by atoms with Crippen LogP contribution in [0.1, 0.15) is 31.3 Å². The number of carbonyl (C=O) groups is 1.